The summed E-state index contributed by atoms with van der Waals surface area (Å²) in [5.41, 5.74) is 2.14. The van der Waals surface area contributed by atoms with Crippen LogP contribution in [0.2, 0.25) is 0 Å². The third kappa shape index (κ3) is 2.72. The van der Waals surface area contributed by atoms with E-state index >= 15 is 0 Å². The number of carbonyl (C=O) groups is 2. The number of phenolic OH excluding ortho intramolecular Hbond substituents is 2. The maximum absolute atomic E-state index is 13.2. The van der Waals surface area contributed by atoms with Crippen LogP contribution in [-0.4, -0.2) is 91.5 Å². The first-order valence-corrected chi connectivity index (χ1v) is 11.9. The molecule has 7 rings (SSSR count). The summed E-state index contributed by atoms with van der Waals surface area (Å²) in [6.45, 7) is -0.673. The van der Waals surface area contributed by atoms with E-state index < -0.39 is 55.1 Å². The summed E-state index contributed by atoms with van der Waals surface area (Å²) in [5.74, 6) is -1.69. The number of rotatable bonds is 2. The number of imide groups is 1. The molecule has 0 aromatic heterocycles. The van der Waals surface area contributed by atoms with Gasteiger partial charge in [0.15, 0.2) is 6.23 Å². The third-order valence-electron chi connectivity index (χ3n) is 7.74. The second kappa shape index (κ2) is 7.72. The maximum Gasteiger partial charge on any atom is 0.259 e. The summed E-state index contributed by atoms with van der Waals surface area (Å²) < 4.78 is 5.88. The number of aliphatic imine (C=N–C) groups is 1. The van der Waals surface area contributed by atoms with Crippen molar-refractivity contribution in [2.45, 2.75) is 36.7 Å². The minimum absolute atomic E-state index is 0.0593. The molecule has 0 radical (unpaired) electrons. The number of nitrogens with one attached hydrogen (secondary N) is 1. The van der Waals surface area contributed by atoms with Crippen molar-refractivity contribution in [2.24, 2.45) is 4.99 Å². The highest BCUT2D eigenvalue weighted by Gasteiger charge is 2.57. The molecule has 0 spiro atoms. The molecule has 2 fully saturated rings. The summed E-state index contributed by atoms with van der Waals surface area (Å²) >= 11 is 0. The molecular weight excluding hydrogens is 498 g/mol. The van der Waals surface area contributed by atoms with Gasteiger partial charge in [0.05, 0.1) is 29.2 Å². The number of aliphatic hydroxyl groups is 4. The largest absolute Gasteiger partial charge is 0.506 e. The Morgan fingerprint density at radius 3 is 2.29 bits per heavy atom. The fraction of sp³-hybridized carbons (Fsp3) is 0.269. The fourth-order valence-corrected chi connectivity index (χ4v) is 6.14. The van der Waals surface area contributed by atoms with Crippen LogP contribution in [0.15, 0.2) is 52.5 Å². The van der Waals surface area contributed by atoms with Crippen LogP contribution in [0.1, 0.15) is 11.1 Å². The van der Waals surface area contributed by atoms with Gasteiger partial charge in [0.2, 0.25) is 0 Å². The molecule has 1 aliphatic carbocycles. The van der Waals surface area contributed by atoms with Crippen LogP contribution < -0.4 is 10.2 Å². The summed E-state index contributed by atoms with van der Waals surface area (Å²) in [6.07, 6.45) is -7.72. The lowest BCUT2D eigenvalue weighted by Gasteiger charge is -2.46. The average molecular weight is 519 g/mol. The molecule has 0 bridgehead atoms. The summed E-state index contributed by atoms with van der Waals surface area (Å²) in [5, 5.41) is 65.7. The van der Waals surface area contributed by atoms with E-state index in [-0.39, 0.29) is 39.7 Å². The van der Waals surface area contributed by atoms with Gasteiger partial charge in [0.25, 0.3) is 11.8 Å². The smallest absolute Gasteiger partial charge is 0.259 e. The molecule has 12 nitrogen and oxygen atoms in total. The van der Waals surface area contributed by atoms with Crippen LogP contribution in [-0.2, 0) is 14.3 Å². The van der Waals surface area contributed by atoms with Crippen molar-refractivity contribution in [1.82, 2.24) is 5.32 Å². The van der Waals surface area contributed by atoms with Gasteiger partial charge in [-0.3, -0.25) is 14.9 Å². The normalized spacial score (nSPS) is 31.1. The van der Waals surface area contributed by atoms with E-state index in [4.69, 9.17) is 4.74 Å². The molecule has 5 aliphatic rings. The SMILES string of the molecule is O=C1NC(=O)C2=C3c4cccc(O)c4N([C@@H]4O[C@H](CO)[C@@H](O)[C@H](O)[C@H]4O)C3C3=Nc4c(O)cccc4C3=C12. The number of fused-ring (bicyclic) bond motifs is 8. The average Bonchev–Trinajstić information content (AvgIpc) is 3.53. The van der Waals surface area contributed by atoms with Crippen LogP contribution >= 0.6 is 0 Å². The Bertz CT molecular complexity index is 1560. The van der Waals surface area contributed by atoms with Crippen molar-refractivity contribution in [3.8, 4) is 11.5 Å². The number of hydrogen-bond acceptors (Lipinski definition) is 11. The van der Waals surface area contributed by atoms with E-state index in [1.54, 1.807) is 24.3 Å². The Kier molecular flexibility index (Phi) is 4.69. The fourth-order valence-electron chi connectivity index (χ4n) is 6.14. The zero-order valence-corrected chi connectivity index (χ0v) is 19.4. The predicted octanol–water partition coefficient (Wildman–Crippen LogP) is -0.950. The minimum atomic E-state index is -1.71. The molecular formula is C26H21N3O9. The van der Waals surface area contributed by atoms with E-state index in [1.807, 2.05) is 0 Å². The van der Waals surface area contributed by atoms with E-state index in [0.717, 1.165) is 0 Å². The van der Waals surface area contributed by atoms with Crippen molar-refractivity contribution in [2.75, 3.05) is 11.5 Å². The molecule has 2 saturated heterocycles. The molecule has 2 aromatic rings. The van der Waals surface area contributed by atoms with Crippen molar-refractivity contribution in [1.29, 1.82) is 0 Å². The molecule has 2 amide bonds. The molecule has 194 valence electrons. The molecule has 4 aliphatic heterocycles. The van der Waals surface area contributed by atoms with Crippen LogP contribution in [0.4, 0.5) is 11.4 Å². The predicted molar refractivity (Wildman–Crippen MR) is 130 cm³/mol. The number of carbonyl (C=O) groups excluding carboxylic acids is 2. The van der Waals surface area contributed by atoms with E-state index in [9.17, 15) is 40.2 Å². The van der Waals surface area contributed by atoms with Crippen molar-refractivity contribution >= 4 is 40.0 Å². The van der Waals surface area contributed by atoms with Crippen LogP contribution in [0.25, 0.3) is 11.1 Å². The number of benzene rings is 2. The Hall–Kier alpha value is -4.07. The quantitative estimate of drug-likeness (QED) is 0.243. The van der Waals surface area contributed by atoms with Crippen LogP contribution in [0.5, 0.6) is 11.5 Å². The van der Waals surface area contributed by atoms with E-state index in [2.05, 4.69) is 10.3 Å². The molecule has 6 atom stereocenters. The van der Waals surface area contributed by atoms with Crippen LogP contribution in [0.3, 0.4) is 0 Å². The zero-order valence-electron chi connectivity index (χ0n) is 19.4. The molecule has 1 unspecified atom stereocenters. The molecule has 38 heavy (non-hydrogen) atoms. The van der Waals surface area contributed by atoms with E-state index in [1.165, 1.54) is 17.0 Å². The molecule has 12 heteroatoms. The number of aliphatic hydroxyl groups excluding tert-OH is 4. The second-order valence-electron chi connectivity index (χ2n) is 9.69. The summed E-state index contributed by atoms with van der Waals surface area (Å²) in [7, 11) is 0. The van der Waals surface area contributed by atoms with Crippen molar-refractivity contribution < 1.29 is 45.0 Å². The number of aromatic hydroxyl groups is 2. The highest BCUT2D eigenvalue weighted by atomic mass is 16.6. The summed E-state index contributed by atoms with van der Waals surface area (Å²) in [4.78, 5) is 32.3. The van der Waals surface area contributed by atoms with Gasteiger partial charge in [-0.1, -0.05) is 24.3 Å². The monoisotopic (exact) mass is 519 g/mol. The number of ether oxygens (including phenoxy) is 1. The number of amides is 2. The van der Waals surface area contributed by atoms with Crippen LogP contribution in [0, 0.1) is 0 Å². The second-order valence-corrected chi connectivity index (χ2v) is 9.69. The Labute approximate surface area is 214 Å². The van der Waals surface area contributed by atoms with Gasteiger partial charge >= 0.3 is 0 Å². The zero-order chi connectivity index (χ0) is 26.6. The molecule has 2 aromatic carbocycles. The molecule has 7 N–H and O–H groups in total. The lowest BCUT2D eigenvalue weighted by Crippen LogP contribution is -2.65. The van der Waals surface area contributed by atoms with E-state index in [0.29, 0.717) is 22.3 Å². The number of nitrogens with zero attached hydrogens (tertiary/aromatic N) is 2. The van der Waals surface area contributed by atoms with Gasteiger partial charge in [-0.05, 0) is 12.1 Å². The standard InChI is InChI=1S/C26H21N3O9/c30-7-12-21(33)22(34)23(35)26(38-12)29-19-9(4-2-6-11(19)32)14-16-15(24(36)28-25(16)37)13-8-3-1-5-10(31)17(8)27-18(13)20(14)29/h1-6,12,20-23,26,30-35H,7H2,(H,28,36,37)/t12-,20?,21-,22+,23-,26-/m1/s1. The number of phenols is 2. The Balaban J connectivity index is 1.53. The van der Waals surface area contributed by atoms with Gasteiger partial charge in [-0.25, -0.2) is 4.99 Å². The van der Waals surface area contributed by atoms with Crippen molar-refractivity contribution in [3.63, 3.8) is 0 Å². The Morgan fingerprint density at radius 2 is 1.55 bits per heavy atom. The first-order valence-electron chi connectivity index (χ1n) is 11.9. The lowest BCUT2D eigenvalue weighted by atomic mass is 9.79. The van der Waals surface area contributed by atoms with Gasteiger partial charge in [0.1, 0.15) is 47.6 Å². The molecule has 4 heterocycles. The topological polar surface area (TPSA) is 192 Å². The maximum atomic E-state index is 13.2. The first-order chi connectivity index (χ1) is 18.2. The van der Waals surface area contributed by atoms with Gasteiger partial charge in [-0.2, -0.15) is 0 Å². The third-order valence-corrected chi connectivity index (χ3v) is 7.74. The first kappa shape index (κ1) is 23.1. The highest BCUT2D eigenvalue weighted by molar-refractivity contribution is 6.47. The van der Waals surface area contributed by atoms with Gasteiger partial charge in [0, 0.05) is 22.3 Å². The number of anilines is 1. The minimum Gasteiger partial charge on any atom is -0.506 e. The van der Waals surface area contributed by atoms with Gasteiger partial charge in [-0.15, -0.1) is 0 Å². The number of hydrogen-bond donors (Lipinski definition) is 7. The van der Waals surface area contributed by atoms with Crippen molar-refractivity contribution in [3.05, 3.63) is 58.7 Å². The highest BCUT2D eigenvalue weighted by Crippen LogP contribution is 2.57. The lowest BCUT2D eigenvalue weighted by molar-refractivity contribution is -0.228. The Morgan fingerprint density at radius 1 is 0.868 bits per heavy atom. The molecule has 0 saturated carbocycles. The van der Waals surface area contributed by atoms with Gasteiger partial charge < -0.3 is 40.3 Å². The summed E-state index contributed by atoms with van der Waals surface area (Å²) in [6, 6.07) is 8.24. The number of para-hydroxylation sites is 2.